The monoisotopic (exact) mass is 252 g/mol. The quantitative estimate of drug-likeness (QED) is 0.868. The summed E-state index contributed by atoms with van der Waals surface area (Å²) in [6.07, 6.45) is 1.13. The maximum absolute atomic E-state index is 11.4. The summed E-state index contributed by atoms with van der Waals surface area (Å²) in [6.45, 7) is 1.83. The van der Waals surface area contributed by atoms with E-state index in [0.717, 1.165) is 11.8 Å². The van der Waals surface area contributed by atoms with Gasteiger partial charge in [0.25, 0.3) is 10.0 Å². The summed E-state index contributed by atoms with van der Waals surface area (Å²) in [5.41, 5.74) is 6.69. The number of allylic oxidation sites excluding steroid dienone is 1. The van der Waals surface area contributed by atoms with Gasteiger partial charge < -0.3 is 10.5 Å². The number of benzene rings is 1. The van der Waals surface area contributed by atoms with Crippen LogP contribution < -0.4 is 10.5 Å². The van der Waals surface area contributed by atoms with Crippen LogP contribution in [0.15, 0.2) is 39.3 Å². The van der Waals surface area contributed by atoms with Crippen LogP contribution >= 0.6 is 0 Å². The van der Waals surface area contributed by atoms with Gasteiger partial charge >= 0.3 is 0 Å². The molecule has 0 aliphatic carbocycles. The van der Waals surface area contributed by atoms with Crippen LogP contribution in [0.3, 0.4) is 0 Å². The Morgan fingerprint density at radius 3 is 2.76 bits per heavy atom. The van der Waals surface area contributed by atoms with Gasteiger partial charge in [0.05, 0.1) is 11.9 Å². The molecule has 1 aliphatic heterocycles. The normalized spacial score (nSPS) is 17.5. The van der Waals surface area contributed by atoms with E-state index in [0.29, 0.717) is 5.75 Å². The van der Waals surface area contributed by atoms with E-state index >= 15 is 0 Å². The van der Waals surface area contributed by atoms with Crippen molar-refractivity contribution in [3.8, 4) is 5.75 Å². The molecule has 1 aromatic rings. The van der Waals surface area contributed by atoms with Crippen molar-refractivity contribution in [1.29, 1.82) is 0 Å². The van der Waals surface area contributed by atoms with Gasteiger partial charge in [-0.2, -0.15) is 12.8 Å². The third kappa shape index (κ3) is 2.47. The maximum Gasteiger partial charge on any atom is 0.284 e. The highest BCUT2D eigenvalue weighted by Crippen LogP contribution is 2.19. The molecule has 0 amide bonds. The fourth-order valence-corrected chi connectivity index (χ4v) is 2.36. The Hall–Kier alpha value is -1.82. The van der Waals surface area contributed by atoms with Crippen molar-refractivity contribution in [2.24, 2.45) is 10.1 Å². The molecule has 2 N–H and O–H groups in total. The zero-order valence-corrected chi connectivity index (χ0v) is 10.1. The number of hydrogen-bond donors (Lipinski definition) is 1. The van der Waals surface area contributed by atoms with Crippen molar-refractivity contribution in [1.82, 2.24) is 0 Å². The molecule has 0 bridgehead atoms. The van der Waals surface area contributed by atoms with E-state index < -0.39 is 10.0 Å². The van der Waals surface area contributed by atoms with Gasteiger partial charge in [-0.3, -0.25) is 0 Å². The predicted molar refractivity (Wildman–Crippen MR) is 65.3 cm³/mol. The number of hydrogen-bond acceptors (Lipinski definition) is 4. The average Bonchev–Trinajstić information content (AvgIpc) is 2.51. The van der Waals surface area contributed by atoms with Crippen LogP contribution in [-0.2, 0) is 10.0 Å². The molecule has 0 saturated heterocycles. The third-order valence-corrected chi connectivity index (χ3v) is 3.68. The van der Waals surface area contributed by atoms with Gasteiger partial charge in [0.2, 0.25) is 0 Å². The minimum Gasteiger partial charge on any atom is -0.488 e. The SMILES string of the molecule is Cc1cccc(OCC2=C(N)C=NS2(=O)=O)c1. The first-order chi connectivity index (χ1) is 7.99. The number of ether oxygens (including phenoxy) is 1. The van der Waals surface area contributed by atoms with Gasteiger partial charge in [0.15, 0.2) is 0 Å². The highest BCUT2D eigenvalue weighted by Gasteiger charge is 2.25. The fraction of sp³-hybridized carbons (Fsp3) is 0.182. The summed E-state index contributed by atoms with van der Waals surface area (Å²) in [5, 5.41) is 0. The van der Waals surface area contributed by atoms with Crippen molar-refractivity contribution in [3.05, 3.63) is 40.4 Å². The van der Waals surface area contributed by atoms with Crippen molar-refractivity contribution < 1.29 is 13.2 Å². The van der Waals surface area contributed by atoms with Gasteiger partial charge in [-0.15, -0.1) is 0 Å². The Morgan fingerprint density at radius 2 is 2.18 bits per heavy atom. The second-order valence-corrected chi connectivity index (χ2v) is 5.35. The molecule has 0 radical (unpaired) electrons. The van der Waals surface area contributed by atoms with Crippen molar-refractivity contribution >= 4 is 16.2 Å². The molecule has 17 heavy (non-hydrogen) atoms. The summed E-state index contributed by atoms with van der Waals surface area (Å²) < 4.78 is 31.6. The third-order valence-electron chi connectivity index (χ3n) is 2.32. The van der Waals surface area contributed by atoms with E-state index in [4.69, 9.17) is 10.5 Å². The van der Waals surface area contributed by atoms with Crippen molar-refractivity contribution in [2.75, 3.05) is 6.61 Å². The molecule has 0 unspecified atom stereocenters. The molecule has 2 rings (SSSR count). The molecule has 90 valence electrons. The van der Waals surface area contributed by atoms with Crippen LogP contribution in [0.2, 0.25) is 0 Å². The molecule has 1 heterocycles. The van der Waals surface area contributed by atoms with Crippen LogP contribution in [0.1, 0.15) is 5.56 Å². The summed E-state index contributed by atoms with van der Waals surface area (Å²) in [5.74, 6) is 0.604. The molecule has 0 spiro atoms. The van der Waals surface area contributed by atoms with Crippen LogP contribution in [0, 0.1) is 6.92 Å². The second kappa shape index (κ2) is 4.21. The molecule has 0 fully saturated rings. The Balaban J connectivity index is 2.12. The zero-order chi connectivity index (χ0) is 12.5. The number of rotatable bonds is 3. The topological polar surface area (TPSA) is 81.8 Å². The van der Waals surface area contributed by atoms with E-state index in [-0.39, 0.29) is 17.2 Å². The van der Waals surface area contributed by atoms with Crippen molar-refractivity contribution in [2.45, 2.75) is 6.92 Å². The smallest absolute Gasteiger partial charge is 0.284 e. The predicted octanol–water partition coefficient (Wildman–Crippen LogP) is 0.958. The zero-order valence-electron chi connectivity index (χ0n) is 9.25. The van der Waals surface area contributed by atoms with Gasteiger partial charge in [-0.1, -0.05) is 12.1 Å². The van der Waals surface area contributed by atoms with E-state index in [1.807, 2.05) is 25.1 Å². The first kappa shape index (κ1) is 11.7. The molecule has 5 nitrogen and oxygen atoms in total. The first-order valence-corrected chi connectivity index (χ1v) is 6.41. The summed E-state index contributed by atoms with van der Waals surface area (Å²) in [7, 11) is -3.62. The number of sulfonamides is 1. The Bertz CT molecular complexity index is 603. The fourth-order valence-electron chi connectivity index (χ4n) is 1.42. The summed E-state index contributed by atoms with van der Waals surface area (Å²) >= 11 is 0. The lowest BCUT2D eigenvalue weighted by atomic mass is 10.2. The average molecular weight is 252 g/mol. The van der Waals surface area contributed by atoms with Crippen LogP contribution in [0.5, 0.6) is 5.75 Å². The van der Waals surface area contributed by atoms with E-state index in [1.54, 1.807) is 6.07 Å². The Morgan fingerprint density at radius 1 is 1.41 bits per heavy atom. The van der Waals surface area contributed by atoms with Crippen LogP contribution in [0.4, 0.5) is 0 Å². The van der Waals surface area contributed by atoms with Gasteiger partial charge in [0.1, 0.15) is 17.3 Å². The molecule has 1 aliphatic rings. The van der Waals surface area contributed by atoms with Crippen molar-refractivity contribution in [3.63, 3.8) is 0 Å². The summed E-state index contributed by atoms with van der Waals surface area (Å²) in [6, 6.07) is 7.34. The number of nitrogens with zero attached hydrogens (tertiary/aromatic N) is 1. The maximum atomic E-state index is 11.4. The lowest BCUT2D eigenvalue weighted by molar-refractivity contribution is 0.357. The molecular formula is C11H12N2O3S. The molecule has 0 atom stereocenters. The minimum atomic E-state index is -3.62. The molecular weight excluding hydrogens is 240 g/mol. The number of aryl methyl sites for hydroxylation is 1. The highest BCUT2D eigenvalue weighted by molar-refractivity contribution is 7.94. The first-order valence-electron chi connectivity index (χ1n) is 4.97. The standard InChI is InChI=1S/C11H12N2O3S/c1-8-3-2-4-9(5-8)16-7-11-10(12)6-13-17(11,14)15/h2-6H,7,12H2,1H3. The Labute approximate surface area is 99.7 Å². The van der Waals surface area contributed by atoms with Crippen LogP contribution in [0.25, 0.3) is 0 Å². The minimum absolute atomic E-state index is 0.0130. The Kier molecular flexibility index (Phi) is 2.89. The molecule has 0 aromatic heterocycles. The van der Waals surface area contributed by atoms with Gasteiger partial charge in [-0.05, 0) is 24.6 Å². The summed E-state index contributed by atoms with van der Waals surface area (Å²) in [4.78, 5) is 0.0130. The van der Waals surface area contributed by atoms with E-state index in [9.17, 15) is 8.42 Å². The van der Waals surface area contributed by atoms with Gasteiger partial charge in [-0.25, -0.2) is 0 Å². The highest BCUT2D eigenvalue weighted by atomic mass is 32.2. The van der Waals surface area contributed by atoms with Crippen LogP contribution in [-0.4, -0.2) is 21.2 Å². The lowest BCUT2D eigenvalue weighted by Gasteiger charge is -2.07. The molecule has 1 aromatic carbocycles. The lowest BCUT2D eigenvalue weighted by Crippen LogP contribution is -2.12. The van der Waals surface area contributed by atoms with E-state index in [2.05, 4.69) is 4.40 Å². The molecule has 6 heteroatoms. The number of nitrogens with two attached hydrogens (primary N) is 1. The largest absolute Gasteiger partial charge is 0.488 e. The van der Waals surface area contributed by atoms with Gasteiger partial charge in [0, 0.05) is 0 Å². The van der Waals surface area contributed by atoms with E-state index in [1.165, 1.54) is 0 Å². The molecule has 0 saturated carbocycles. The second-order valence-electron chi connectivity index (χ2n) is 3.69.